The van der Waals surface area contributed by atoms with Gasteiger partial charge in [-0.1, -0.05) is 0 Å². The zero-order valence-electron chi connectivity index (χ0n) is 9.77. The maximum atomic E-state index is 11.0. The van der Waals surface area contributed by atoms with Crippen molar-refractivity contribution in [2.75, 3.05) is 13.7 Å². The summed E-state index contributed by atoms with van der Waals surface area (Å²) < 4.78 is 4.60. The molecule has 0 aliphatic carbocycles. The van der Waals surface area contributed by atoms with E-state index in [4.69, 9.17) is 0 Å². The normalized spacial score (nSPS) is 12.1. The van der Waals surface area contributed by atoms with Crippen LogP contribution in [0.3, 0.4) is 0 Å². The van der Waals surface area contributed by atoms with Crippen molar-refractivity contribution in [2.24, 2.45) is 0 Å². The van der Waals surface area contributed by atoms with E-state index in [0.717, 1.165) is 13.0 Å². The molecule has 1 heterocycles. The van der Waals surface area contributed by atoms with Crippen LogP contribution in [0.2, 0.25) is 0 Å². The third kappa shape index (κ3) is 4.89. The summed E-state index contributed by atoms with van der Waals surface area (Å²) in [5.41, 5.74) is 1.24. The molecule has 16 heavy (non-hydrogen) atoms. The van der Waals surface area contributed by atoms with Crippen molar-refractivity contribution in [3.8, 4) is 0 Å². The molecule has 88 valence electrons. The quantitative estimate of drug-likeness (QED) is 0.734. The fourth-order valence-corrected chi connectivity index (χ4v) is 1.42. The number of hydrogen-bond donors (Lipinski definition) is 1. The summed E-state index contributed by atoms with van der Waals surface area (Å²) in [6.45, 7) is 2.83. The van der Waals surface area contributed by atoms with Crippen molar-refractivity contribution in [3.63, 3.8) is 0 Å². The van der Waals surface area contributed by atoms with Crippen molar-refractivity contribution in [2.45, 2.75) is 25.8 Å². The largest absolute Gasteiger partial charge is 0.469 e. The lowest BCUT2D eigenvalue weighted by Crippen LogP contribution is -2.30. The molecule has 0 amide bonds. The molecule has 1 atom stereocenters. The van der Waals surface area contributed by atoms with Gasteiger partial charge in [-0.3, -0.25) is 9.78 Å². The molecule has 0 aliphatic rings. The molecule has 1 rings (SSSR count). The third-order valence-corrected chi connectivity index (χ3v) is 2.36. The van der Waals surface area contributed by atoms with Gasteiger partial charge in [0.25, 0.3) is 0 Å². The molecule has 4 nitrogen and oxygen atoms in total. The fraction of sp³-hybridized carbons (Fsp3) is 0.500. The average Bonchev–Trinajstić information content (AvgIpc) is 2.30. The first-order chi connectivity index (χ1) is 7.72. The Hall–Kier alpha value is -1.42. The molecule has 0 aromatic carbocycles. The minimum atomic E-state index is -0.177. The molecule has 0 spiro atoms. The molecule has 1 aromatic rings. The highest BCUT2D eigenvalue weighted by molar-refractivity contribution is 5.69. The van der Waals surface area contributed by atoms with Gasteiger partial charge in [0.15, 0.2) is 0 Å². The van der Waals surface area contributed by atoms with Crippen molar-refractivity contribution >= 4 is 5.97 Å². The Morgan fingerprint density at radius 3 is 2.81 bits per heavy atom. The molecule has 0 bridgehead atoms. The number of methoxy groups -OCH3 is 1. The lowest BCUT2D eigenvalue weighted by atomic mass is 10.2. The molecule has 0 radical (unpaired) electrons. The Bertz CT molecular complexity index is 314. The van der Waals surface area contributed by atoms with Crippen molar-refractivity contribution < 1.29 is 9.53 Å². The van der Waals surface area contributed by atoms with Crippen LogP contribution in [0, 0.1) is 0 Å². The smallest absolute Gasteiger partial charge is 0.307 e. The van der Waals surface area contributed by atoms with Gasteiger partial charge in [0.1, 0.15) is 0 Å². The zero-order chi connectivity index (χ0) is 11.8. The predicted molar refractivity (Wildman–Crippen MR) is 62.0 cm³/mol. The molecule has 4 heteroatoms. The maximum Gasteiger partial charge on any atom is 0.307 e. The standard InChI is InChI=1S/C12H18N2O2/c1-10(9-12(15)16-2)14-8-5-11-3-6-13-7-4-11/h3-4,6-7,10,14H,5,8-9H2,1-2H3. The van der Waals surface area contributed by atoms with Crippen LogP contribution in [0.25, 0.3) is 0 Å². The number of ether oxygens (including phenoxy) is 1. The summed E-state index contributed by atoms with van der Waals surface area (Å²) in [4.78, 5) is 14.9. The minimum absolute atomic E-state index is 0.147. The van der Waals surface area contributed by atoms with Crippen LogP contribution in [0.1, 0.15) is 18.9 Å². The highest BCUT2D eigenvalue weighted by Gasteiger charge is 2.07. The van der Waals surface area contributed by atoms with Gasteiger partial charge in [-0.05, 0) is 37.6 Å². The Morgan fingerprint density at radius 2 is 2.19 bits per heavy atom. The monoisotopic (exact) mass is 222 g/mol. The summed E-state index contributed by atoms with van der Waals surface area (Å²) >= 11 is 0. The van der Waals surface area contributed by atoms with Crippen LogP contribution in [0.4, 0.5) is 0 Å². The van der Waals surface area contributed by atoms with E-state index in [1.54, 1.807) is 12.4 Å². The first kappa shape index (κ1) is 12.6. The van der Waals surface area contributed by atoms with E-state index in [9.17, 15) is 4.79 Å². The molecular weight excluding hydrogens is 204 g/mol. The predicted octanol–water partition coefficient (Wildman–Crippen LogP) is 1.17. The van der Waals surface area contributed by atoms with Crippen LogP contribution in [-0.2, 0) is 16.0 Å². The molecule has 0 fully saturated rings. The Labute approximate surface area is 96.0 Å². The Kier molecular flexibility index (Phi) is 5.50. The van der Waals surface area contributed by atoms with E-state index in [0.29, 0.717) is 6.42 Å². The van der Waals surface area contributed by atoms with E-state index in [-0.39, 0.29) is 12.0 Å². The average molecular weight is 222 g/mol. The van der Waals surface area contributed by atoms with Crippen LogP contribution >= 0.6 is 0 Å². The summed E-state index contributed by atoms with van der Waals surface area (Å²) in [7, 11) is 1.41. The SMILES string of the molecule is COC(=O)CC(C)NCCc1ccncc1. The van der Waals surface area contributed by atoms with Gasteiger partial charge in [0, 0.05) is 18.4 Å². The second-order valence-corrected chi connectivity index (χ2v) is 3.74. The number of rotatable bonds is 6. The van der Waals surface area contributed by atoms with Crippen LogP contribution in [0.15, 0.2) is 24.5 Å². The molecule has 1 unspecified atom stereocenters. The molecule has 0 aliphatic heterocycles. The highest BCUT2D eigenvalue weighted by atomic mass is 16.5. The van der Waals surface area contributed by atoms with Gasteiger partial charge in [0.05, 0.1) is 13.5 Å². The third-order valence-electron chi connectivity index (χ3n) is 2.36. The molecule has 1 aromatic heterocycles. The Balaban J connectivity index is 2.18. The van der Waals surface area contributed by atoms with Crippen LogP contribution < -0.4 is 5.32 Å². The molecule has 0 saturated heterocycles. The van der Waals surface area contributed by atoms with Crippen LogP contribution in [-0.4, -0.2) is 30.6 Å². The summed E-state index contributed by atoms with van der Waals surface area (Å²) in [5.74, 6) is -0.177. The van der Waals surface area contributed by atoms with Crippen molar-refractivity contribution in [1.82, 2.24) is 10.3 Å². The van der Waals surface area contributed by atoms with E-state index in [2.05, 4.69) is 15.0 Å². The number of hydrogen-bond acceptors (Lipinski definition) is 4. The number of carbonyl (C=O) groups excluding carboxylic acids is 1. The van der Waals surface area contributed by atoms with E-state index in [1.807, 2.05) is 19.1 Å². The number of pyridine rings is 1. The van der Waals surface area contributed by atoms with E-state index in [1.165, 1.54) is 12.7 Å². The second kappa shape index (κ2) is 6.95. The van der Waals surface area contributed by atoms with Crippen molar-refractivity contribution in [1.29, 1.82) is 0 Å². The topological polar surface area (TPSA) is 51.2 Å². The van der Waals surface area contributed by atoms with Gasteiger partial charge >= 0.3 is 5.97 Å². The maximum absolute atomic E-state index is 11.0. The first-order valence-corrected chi connectivity index (χ1v) is 5.41. The van der Waals surface area contributed by atoms with Gasteiger partial charge in [0.2, 0.25) is 0 Å². The lowest BCUT2D eigenvalue weighted by Gasteiger charge is -2.12. The molecule has 0 saturated carbocycles. The Morgan fingerprint density at radius 1 is 1.50 bits per heavy atom. The molecule has 1 N–H and O–H groups in total. The number of nitrogens with one attached hydrogen (secondary N) is 1. The summed E-state index contributed by atoms with van der Waals surface area (Å²) in [6, 6.07) is 4.13. The highest BCUT2D eigenvalue weighted by Crippen LogP contribution is 1.98. The van der Waals surface area contributed by atoms with Gasteiger partial charge in [-0.2, -0.15) is 0 Å². The summed E-state index contributed by atoms with van der Waals surface area (Å²) in [5, 5.41) is 3.28. The number of esters is 1. The zero-order valence-corrected chi connectivity index (χ0v) is 9.77. The van der Waals surface area contributed by atoms with Gasteiger partial charge in [-0.25, -0.2) is 0 Å². The van der Waals surface area contributed by atoms with Gasteiger partial charge in [-0.15, -0.1) is 0 Å². The van der Waals surface area contributed by atoms with Crippen LogP contribution in [0.5, 0.6) is 0 Å². The number of aromatic nitrogens is 1. The molecular formula is C12H18N2O2. The number of nitrogens with zero attached hydrogens (tertiary/aromatic N) is 1. The second-order valence-electron chi connectivity index (χ2n) is 3.74. The fourth-order valence-electron chi connectivity index (χ4n) is 1.42. The number of carbonyl (C=O) groups is 1. The summed E-state index contributed by atoms with van der Waals surface area (Å²) in [6.07, 6.45) is 4.92. The minimum Gasteiger partial charge on any atom is -0.469 e. The van der Waals surface area contributed by atoms with E-state index < -0.39 is 0 Å². The van der Waals surface area contributed by atoms with Crippen molar-refractivity contribution in [3.05, 3.63) is 30.1 Å². The first-order valence-electron chi connectivity index (χ1n) is 5.41. The lowest BCUT2D eigenvalue weighted by molar-refractivity contribution is -0.141. The van der Waals surface area contributed by atoms with Gasteiger partial charge < -0.3 is 10.1 Å². The van der Waals surface area contributed by atoms with E-state index >= 15 is 0 Å².